The minimum Gasteiger partial charge on any atom is -0.750 e. The molecular formula is C7H7N2O4S-. The summed E-state index contributed by atoms with van der Waals surface area (Å²) in [5.74, 6) is -0.231. The van der Waals surface area contributed by atoms with E-state index in [9.17, 15) is 13.6 Å². The van der Waals surface area contributed by atoms with Gasteiger partial charge >= 0.3 is 0 Å². The van der Waals surface area contributed by atoms with E-state index in [4.69, 9.17) is 0 Å². The fraction of sp³-hybridized carbons (Fsp3) is 0.143. The predicted octanol–water partition coefficient (Wildman–Crippen LogP) is -0.169. The van der Waals surface area contributed by atoms with Crippen LogP contribution in [0, 0.1) is 0 Å². The topological polar surface area (TPSA) is 91.4 Å². The van der Waals surface area contributed by atoms with E-state index >= 15 is 0 Å². The van der Waals surface area contributed by atoms with Crippen molar-refractivity contribution in [1.29, 1.82) is 0 Å². The molecule has 14 heavy (non-hydrogen) atoms. The second-order valence-electron chi connectivity index (χ2n) is 2.23. The molecule has 1 atom stereocenters. The zero-order valence-electron chi connectivity index (χ0n) is 7.00. The summed E-state index contributed by atoms with van der Waals surface area (Å²) >= 11 is -2.68. The van der Waals surface area contributed by atoms with Crippen LogP contribution in [0.1, 0.15) is 0 Å². The van der Waals surface area contributed by atoms with E-state index in [0.717, 1.165) is 0 Å². The van der Waals surface area contributed by atoms with Crippen LogP contribution in [0.25, 0.3) is 0 Å². The normalized spacial score (nSPS) is 12.1. The fourth-order valence-corrected chi connectivity index (χ4v) is 0.921. The van der Waals surface area contributed by atoms with E-state index in [2.05, 4.69) is 14.5 Å². The van der Waals surface area contributed by atoms with Crippen molar-refractivity contribution in [3.05, 3.63) is 24.4 Å². The second-order valence-corrected chi connectivity index (χ2v) is 2.87. The highest BCUT2D eigenvalue weighted by Crippen LogP contribution is 1.99. The molecule has 0 aromatic carbocycles. The summed E-state index contributed by atoms with van der Waals surface area (Å²) in [5.41, 5.74) is 0. The molecule has 7 heteroatoms. The molecule has 0 fully saturated rings. The molecule has 76 valence electrons. The van der Waals surface area contributed by atoms with Crippen LogP contribution in [0.15, 0.2) is 24.4 Å². The lowest BCUT2D eigenvalue weighted by molar-refractivity contribution is -0.118. The average molecular weight is 215 g/mol. The number of nitrogens with zero attached hydrogens (tertiary/aromatic N) is 1. The molecule has 1 unspecified atom stereocenters. The Hall–Kier alpha value is -1.31. The number of amides is 1. The van der Waals surface area contributed by atoms with Crippen molar-refractivity contribution in [2.24, 2.45) is 0 Å². The van der Waals surface area contributed by atoms with Crippen LogP contribution in [0.3, 0.4) is 0 Å². The van der Waals surface area contributed by atoms with Crippen LogP contribution in [0.5, 0.6) is 0 Å². The minimum atomic E-state index is -2.68. The van der Waals surface area contributed by atoms with E-state index < -0.39 is 23.9 Å². The first-order valence-electron chi connectivity index (χ1n) is 3.62. The lowest BCUT2D eigenvalue weighted by atomic mass is 10.4. The van der Waals surface area contributed by atoms with Crippen LogP contribution in [0.2, 0.25) is 0 Å². The van der Waals surface area contributed by atoms with Gasteiger partial charge in [-0.3, -0.25) is 8.98 Å². The van der Waals surface area contributed by atoms with Crippen molar-refractivity contribution >= 4 is 23.1 Å². The zero-order chi connectivity index (χ0) is 10.4. The molecule has 0 saturated carbocycles. The molecule has 1 aromatic rings. The van der Waals surface area contributed by atoms with E-state index in [0.29, 0.717) is 5.82 Å². The van der Waals surface area contributed by atoms with Gasteiger partial charge in [-0.15, -0.1) is 0 Å². The van der Waals surface area contributed by atoms with Gasteiger partial charge in [-0.2, -0.15) is 0 Å². The first-order valence-corrected chi connectivity index (χ1v) is 4.62. The molecule has 6 nitrogen and oxygen atoms in total. The lowest BCUT2D eigenvalue weighted by Gasteiger charge is -2.05. The largest absolute Gasteiger partial charge is 0.750 e. The SMILES string of the molecule is O=C(COS(=O)[O-])Nc1ccccn1. The van der Waals surface area contributed by atoms with Crippen molar-refractivity contribution in [2.45, 2.75) is 0 Å². The third kappa shape index (κ3) is 4.08. The highest BCUT2D eigenvalue weighted by atomic mass is 32.2. The van der Waals surface area contributed by atoms with E-state index in [1.807, 2.05) is 0 Å². The maximum Gasteiger partial charge on any atom is 0.252 e. The maximum atomic E-state index is 11.0. The maximum absolute atomic E-state index is 11.0. The second kappa shape index (κ2) is 5.43. The van der Waals surface area contributed by atoms with Gasteiger partial charge in [0.05, 0.1) is 11.4 Å². The van der Waals surface area contributed by atoms with E-state index in [1.165, 1.54) is 6.20 Å². The molecule has 0 spiro atoms. The molecule has 0 bridgehead atoms. The van der Waals surface area contributed by atoms with Crippen LogP contribution in [-0.4, -0.2) is 26.3 Å². The molecule has 0 saturated heterocycles. The van der Waals surface area contributed by atoms with Gasteiger partial charge in [0.15, 0.2) is 0 Å². The first-order chi connectivity index (χ1) is 6.68. The Kier molecular flexibility index (Phi) is 4.17. The highest BCUT2D eigenvalue weighted by molar-refractivity contribution is 7.74. The molecule has 0 aliphatic heterocycles. The zero-order valence-corrected chi connectivity index (χ0v) is 7.82. The van der Waals surface area contributed by atoms with Gasteiger partial charge < -0.3 is 9.87 Å². The molecule has 1 N–H and O–H groups in total. The Morgan fingerprint density at radius 3 is 3.00 bits per heavy atom. The van der Waals surface area contributed by atoms with Crippen molar-refractivity contribution < 1.29 is 17.7 Å². The van der Waals surface area contributed by atoms with Crippen molar-refractivity contribution in [3.63, 3.8) is 0 Å². The average Bonchev–Trinajstić information content (AvgIpc) is 2.16. The third-order valence-corrected chi connectivity index (χ3v) is 1.53. The monoisotopic (exact) mass is 215 g/mol. The first kappa shape index (κ1) is 10.8. The standard InChI is InChI=1S/C7H8N2O4S/c10-7(5-13-14(11)12)9-6-3-1-2-4-8-6/h1-4H,5H2,(H,11,12)(H,8,9,10)/p-1. The lowest BCUT2D eigenvalue weighted by Crippen LogP contribution is -2.19. The fourth-order valence-electron chi connectivity index (χ4n) is 0.717. The Bertz CT molecular complexity index is 330. The van der Waals surface area contributed by atoms with Gasteiger partial charge in [0, 0.05) is 6.20 Å². The number of nitrogens with one attached hydrogen (secondary N) is 1. The number of hydrogen-bond donors (Lipinski definition) is 1. The third-order valence-electron chi connectivity index (χ3n) is 1.22. The molecule has 0 aliphatic carbocycles. The Morgan fingerprint density at radius 2 is 2.43 bits per heavy atom. The van der Waals surface area contributed by atoms with Crippen molar-refractivity contribution in [1.82, 2.24) is 4.98 Å². The number of pyridine rings is 1. The molecular weight excluding hydrogens is 208 g/mol. The summed E-state index contributed by atoms with van der Waals surface area (Å²) in [6.07, 6.45) is 1.50. The summed E-state index contributed by atoms with van der Waals surface area (Å²) in [6.45, 7) is -0.549. The predicted molar refractivity (Wildman–Crippen MR) is 47.7 cm³/mol. The van der Waals surface area contributed by atoms with Gasteiger partial charge in [-0.25, -0.2) is 9.19 Å². The van der Waals surface area contributed by atoms with Gasteiger partial charge in [0.2, 0.25) is 0 Å². The summed E-state index contributed by atoms with van der Waals surface area (Å²) in [6, 6.07) is 4.96. The highest BCUT2D eigenvalue weighted by Gasteiger charge is 2.02. The molecule has 0 radical (unpaired) electrons. The van der Waals surface area contributed by atoms with Gasteiger partial charge in [0.25, 0.3) is 5.91 Å². The number of carbonyl (C=O) groups is 1. The van der Waals surface area contributed by atoms with Crippen LogP contribution >= 0.6 is 0 Å². The van der Waals surface area contributed by atoms with Crippen LogP contribution < -0.4 is 5.32 Å². The summed E-state index contributed by atoms with van der Waals surface area (Å²) in [7, 11) is 0. The van der Waals surface area contributed by atoms with Crippen molar-refractivity contribution in [2.75, 3.05) is 11.9 Å². The Balaban J connectivity index is 2.38. The molecule has 1 rings (SSSR count). The quantitative estimate of drug-likeness (QED) is 0.704. The minimum absolute atomic E-state index is 0.345. The summed E-state index contributed by atoms with van der Waals surface area (Å²) in [4.78, 5) is 14.8. The van der Waals surface area contributed by atoms with Crippen LogP contribution in [0.4, 0.5) is 5.82 Å². The number of hydrogen-bond acceptors (Lipinski definition) is 5. The number of anilines is 1. The number of rotatable bonds is 4. The molecule has 1 aromatic heterocycles. The van der Waals surface area contributed by atoms with Gasteiger partial charge in [0.1, 0.15) is 12.4 Å². The Labute approximate surface area is 82.8 Å². The molecule has 0 aliphatic rings. The number of carbonyl (C=O) groups excluding carboxylic acids is 1. The van der Waals surface area contributed by atoms with Crippen LogP contribution in [-0.2, 0) is 20.3 Å². The summed E-state index contributed by atoms with van der Waals surface area (Å²) < 4.78 is 23.9. The Morgan fingerprint density at radius 1 is 1.64 bits per heavy atom. The smallest absolute Gasteiger partial charge is 0.252 e. The molecule has 1 amide bonds. The molecule has 1 heterocycles. The van der Waals surface area contributed by atoms with Gasteiger partial charge in [-0.05, 0) is 12.1 Å². The van der Waals surface area contributed by atoms with Gasteiger partial charge in [-0.1, -0.05) is 6.07 Å². The summed E-state index contributed by atoms with van der Waals surface area (Å²) in [5, 5.41) is 2.35. The van der Waals surface area contributed by atoms with Crippen molar-refractivity contribution in [3.8, 4) is 0 Å². The van der Waals surface area contributed by atoms with E-state index in [-0.39, 0.29) is 0 Å². The number of aromatic nitrogens is 1. The van der Waals surface area contributed by atoms with E-state index in [1.54, 1.807) is 18.2 Å².